The maximum absolute atomic E-state index is 13.0. The van der Waals surface area contributed by atoms with Gasteiger partial charge in [0.1, 0.15) is 43.0 Å². The van der Waals surface area contributed by atoms with Crippen LogP contribution in [0.15, 0.2) is 22.2 Å². The zero-order valence-electron chi connectivity index (χ0n) is 22.0. The number of imidazole rings is 1. The number of nitrogen functional groups attached to an aromatic ring is 2. The van der Waals surface area contributed by atoms with Crippen LogP contribution in [0.1, 0.15) is 12.5 Å². The van der Waals surface area contributed by atoms with Crippen LogP contribution in [-0.4, -0.2) is 113 Å². The Kier molecular flexibility index (Phi) is 8.40. The first-order chi connectivity index (χ1) is 20.0. The van der Waals surface area contributed by atoms with Crippen LogP contribution < -0.4 is 22.7 Å². The minimum atomic E-state index is -4.95. The van der Waals surface area contributed by atoms with Gasteiger partial charge >= 0.3 is 13.5 Å². The van der Waals surface area contributed by atoms with Gasteiger partial charge in [0.2, 0.25) is 11.9 Å². The average molecular weight is 617 g/mol. The molecule has 2 saturated heterocycles. The summed E-state index contributed by atoms with van der Waals surface area (Å²) in [6, 6.07) is 0. The minimum absolute atomic E-state index is 0.0406. The molecule has 0 radical (unpaired) electrons. The fourth-order valence-corrected chi connectivity index (χ4v) is 5.76. The lowest BCUT2D eigenvalue weighted by molar-refractivity contribution is -0.0630. The molecule has 0 bridgehead atoms. The van der Waals surface area contributed by atoms with Crippen LogP contribution in [0.2, 0.25) is 0 Å². The number of aliphatic hydroxyl groups excluding tert-OH is 2. The third-order valence-corrected chi connectivity index (χ3v) is 7.71. The molecule has 21 nitrogen and oxygen atoms in total. The first-order valence-electron chi connectivity index (χ1n) is 12.2. The molecule has 0 aliphatic carbocycles. The van der Waals surface area contributed by atoms with Crippen molar-refractivity contribution in [3.05, 3.63) is 33.5 Å². The maximum atomic E-state index is 13.0. The Labute approximate surface area is 234 Å². The summed E-state index contributed by atoms with van der Waals surface area (Å²) in [5, 5.41) is 20.7. The number of aliphatic hydroxyl groups is 2. The minimum Gasteiger partial charge on any atom is -0.394 e. The predicted octanol–water partition coefficient (Wildman–Crippen LogP) is -3.38. The lowest BCUT2D eigenvalue weighted by Crippen LogP contribution is -2.39. The third-order valence-electron chi connectivity index (χ3n) is 6.72. The summed E-state index contributed by atoms with van der Waals surface area (Å²) in [5.41, 5.74) is 9.64. The van der Waals surface area contributed by atoms with Crippen molar-refractivity contribution in [1.29, 1.82) is 0 Å². The van der Waals surface area contributed by atoms with Gasteiger partial charge in [-0.05, 0) is 0 Å². The van der Waals surface area contributed by atoms with E-state index in [9.17, 15) is 29.3 Å². The van der Waals surface area contributed by atoms with Gasteiger partial charge in [0, 0.05) is 14.2 Å². The number of nitrogens with zero attached hydrogens (tertiary/aromatic N) is 6. The largest absolute Gasteiger partial charge is 0.472 e. The van der Waals surface area contributed by atoms with Gasteiger partial charge in [-0.25, -0.2) is 19.3 Å². The number of H-pyrrole nitrogens is 1. The number of nitrogens with two attached hydrogens (primary N) is 2. The fourth-order valence-electron chi connectivity index (χ4n) is 4.80. The molecule has 2 aliphatic heterocycles. The van der Waals surface area contributed by atoms with E-state index >= 15 is 0 Å². The first-order valence-corrected chi connectivity index (χ1v) is 13.7. The second-order valence-electron chi connectivity index (χ2n) is 9.22. The Morgan fingerprint density at radius 1 is 1.02 bits per heavy atom. The van der Waals surface area contributed by atoms with Crippen LogP contribution in [0.3, 0.4) is 0 Å². The number of fused-ring (bicyclic) bond motifs is 1. The summed E-state index contributed by atoms with van der Waals surface area (Å²) in [6.45, 7) is -1.36. The van der Waals surface area contributed by atoms with Gasteiger partial charge in [-0.15, -0.1) is 0 Å². The van der Waals surface area contributed by atoms with Gasteiger partial charge in [-0.1, -0.05) is 0 Å². The highest BCUT2D eigenvalue weighted by molar-refractivity contribution is 7.47. The summed E-state index contributed by atoms with van der Waals surface area (Å²) >= 11 is 0. The zero-order chi connectivity index (χ0) is 30.3. The highest BCUT2D eigenvalue weighted by Gasteiger charge is 2.51. The second-order valence-corrected chi connectivity index (χ2v) is 10.6. The van der Waals surface area contributed by atoms with Crippen molar-refractivity contribution in [2.75, 3.05) is 38.9 Å². The van der Waals surface area contributed by atoms with Crippen LogP contribution in [0.4, 0.5) is 11.9 Å². The van der Waals surface area contributed by atoms with Crippen molar-refractivity contribution < 1.29 is 47.7 Å². The summed E-state index contributed by atoms with van der Waals surface area (Å²) in [7, 11) is -2.42. The number of phosphoric acid groups is 1. The van der Waals surface area contributed by atoms with E-state index in [0.29, 0.717) is 0 Å². The highest BCUT2D eigenvalue weighted by atomic mass is 31.2. The Morgan fingerprint density at radius 3 is 2.36 bits per heavy atom. The molecule has 8 N–H and O–H groups in total. The van der Waals surface area contributed by atoms with E-state index in [-0.39, 0.29) is 23.1 Å². The van der Waals surface area contributed by atoms with Gasteiger partial charge in [0.25, 0.3) is 5.56 Å². The van der Waals surface area contributed by atoms with Crippen molar-refractivity contribution in [3.63, 3.8) is 0 Å². The SMILES string of the molecule is COC1C(OP(=O)(O)OC[C@H]2O[C@@H](n3cnc4c(=O)[nH]c(N)nc43)C(OC)[C@H]2O)[C@@H](CO)O[C@H]1n1cnc(N)nc1=O. The van der Waals surface area contributed by atoms with Gasteiger partial charge in [-0.3, -0.25) is 28.0 Å². The number of aromatic amines is 1. The molecule has 0 spiro atoms. The molecule has 2 fully saturated rings. The number of hydrogen-bond donors (Lipinski definition) is 6. The van der Waals surface area contributed by atoms with Crippen molar-refractivity contribution in [2.45, 2.75) is 49.1 Å². The molecule has 3 aromatic rings. The van der Waals surface area contributed by atoms with E-state index in [0.717, 1.165) is 10.9 Å². The van der Waals surface area contributed by atoms with E-state index in [1.54, 1.807) is 0 Å². The standard InChI is InChI=1S/C20H28N9O12P/c1-36-12-10(31)8(40-16(12)28-5-23-9-14(28)25-19(22)26-15(9)32)4-38-42(34,35)41-11-7(3-30)39-17(13(11)37-2)29-6-24-18(21)27-20(29)33/h5-8,10-13,16-17,30-31H,3-4H2,1-2H3,(H,34,35)(H2,21,27,33)(H3,22,25,26,32)/t7-,8-,10+,11?,12?,13?,16-,17-/m1/s1. The van der Waals surface area contributed by atoms with Crippen LogP contribution >= 0.6 is 7.82 Å². The Hall–Kier alpha value is -3.37. The van der Waals surface area contributed by atoms with Crippen LogP contribution in [0.25, 0.3) is 11.2 Å². The Bertz CT molecular complexity index is 1600. The number of ether oxygens (including phenoxy) is 4. The van der Waals surface area contributed by atoms with Crippen LogP contribution in [0.5, 0.6) is 0 Å². The van der Waals surface area contributed by atoms with E-state index in [4.69, 9.17) is 39.5 Å². The Morgan fingerprint density at radius 2 is 1.69 bits per heavy atom. The lowest BCUT2D eigenvalue weighted by Gasteiger charge is -2.25. The van der Waals surface area contributed by atoms with Crippen LogP contribution in [-0.2, 0) is 32.6 Å². The number of phosphoric ester groups is 1. The Balaban J connectivity index is 1.30. The van der Waals surface area contributed by atoms with Gasteiger partial charge in [0.15, 0.2) is 23.6 Å². The molecular formula is C20H28N9O12P. The van der Waals surface area contributed by atoms with E-state index in [1.807, 2.05) is 0 Å². The molecular weight excluding hydrogens is 589 g/mol. The normalized spacial score (nSPS) is 31.1. The predicted molar refractivity (Wildman–Crippen MR) is 136 cm³/mol. The second kappa shape index (κ2) is 11.7. The van der Waals surface area contributed by atoms with E-state index in [2.05, 4.69) is 24.9 Å². The molecule has 0 amide bonds. The number of anilines is 2. The number of methoxy groups -OCH3 is 2. The fraction of sp³-hybridized carbons (Fsp3) is 0.600. The maximum Gasteiger partial charge on any atom is 0.472 e. The van der Waals surface area contributed by atoms with Gasteiger partial charge in [0.05, 0.1) is 19.5 Å². The molecule has 42 heavy (non-hydrogen) atoms. The monoisotopic (exact) mass is 617 g/mol. The summed E-state index contributed by atoms with van der Waals surface area (Å²) in [6.07, 6.45) is -7.57. The molecule has 230 valence electrons. The number of rotatable bonds is 10. The van der Waals surface area contributed by atoms with Crippen molar-refractivity contribution in [2.24, 2.45) is 0 Å². The average Bonchev–Trinajstić information content (AvgIpc) is 3.60. The topological polar surface area (TPSA) is 297 Å². The molecule has 22 heteroatoms. The number of nitrogens with one attached hydrogen (secondary N) is 1. The van der Waals surface area contributed by atoms with Gasteiger partial charge < -0.3 is 45.5 Å². The smallest absolute Gasteiger partial charge is 0.394 e. The molecule has 5 rings (SSSR count). The molecule has 5 heterocycles. The molecule has 0 saturated carbocycles. The van der Waals surface area contributed by atoms with Crippen molar-refractivity contribution in [3.8, 4) is 0 Å². The number of hydrogen-bond acceptors (Lipinski definition) is 17. The lowest BCUT2D eigenvalue weighted by atomic mass is 10.1. The summed E-state index contributed by atoms with van der Waals surface area (Å²) < 4.78 is 47.9. The number of aromatic nitrogens is 7. The van der Waals surface area contributed by atoms with Crippen LogP contribution in [0, 0.1) is 0 Å². The highest BCUT2D eigenvalue weighted by Crippen LogP contribution is 2.49. The van der Waals surface area contributed by atoms with Crippen molar-refractivity contribution >= 4 is 30.9 Å². The van der Waals surface area contributed by atoms with E-state index in [1.165, 1.54) is 25.1 Å². The van der Waals surface area contributed by atoms with Crippen molar-refractivity contribution in [1.82, 2.24) is 34.1 Å². The zero-order valence-corrected chi connectivity index (χ0v) is 22.9. The summed E-state index contributed by atoms with van der Waals surface area (Å²) in [5.74, 6) is -0.463. The van der Waals surface area contributed by atoms with E-state index < -0.39 is 81.4 Å². The summed E-state index contributed by atoms with van der Waals surface area (Å²) in [4.78, 5) is 52.6. The van der Waals surface area contributed by atoms with Gasteiger partial charge in [-0.2, -0.15) is 9.97 Å². The quantitative estimate of drug-likeness (QED) is 0.121. The molecule has 9 atom stereocenters. The molecule has 3 aromatic heterocycles. The third kappa shape index (κ3) is 5.54. The molecule has 4 unspecified atom stereocenters. The molecule has 2 aliphatic rings. The first kappa shape index (κ1) is 30.1. The molecule has 0 aromatic carbocycles.